The number of β-amino-alcohol motifs (C(OH)–C–C–N with tert-alkyl or cyclic N) is 1. The van der Waals surface area contributed by atoms with Gasteiger partial charge in [-0.05, 0) is 18.7 Å². The molecule has 1 aliphatic rings. The highest BCUT2D eigenvalue weighted by molar-refractivity contribution is 9.09. The molecule has 4 heteroatoms. The number of aliphatic hydroxyl groups excluding tert-OH is 1. The zero-order chi connectivity index (χ0) is 8.81. The highest BCUT2D eigenvalue weighted by Gasteiger charge is 2.12. The van der Waals surface area contributed by atoms with Crippen LogP contribution in [0.4, 0.5) is 0 Å². The Morgan fingerprint density at radius 1 is 1.42 bits per heavy atom. The Morgan fingerprint density at radius 2 is 2.25 bits per heavy atom. The SMILES string of the molecule is OC(CBr)CN1CCCSCC1. The maximum Gasteiger partial charge on any atom is 0.0763 e. The average molecular weight is 254 g/mol. The lowest BCUT2D eigenvalue weighted by atomic mass is 10.3. The molecule has 0 radical (unpaired) electrons. The van der Waals surface area contributed by atoms with Crippen LogP contribution in [0.5, 0.6) is 0 Å². The van der Waals surface area contributed by atoms with Crippen molar-refractivity contribution in [1.82, 2.24) is 4.90 Å². The van der Waals surface area contributed by atoms with Gasteiger partial charge in [0.05, 0.1) is 6.10 Å². The van der Waals surface area contributed by atoms with Gasteiger partial charge in [-0.2, -0.15) is 11.8 Å². The fraction of sp³-hybridized carbons (Fsp3) is 1.00. The molecule has 0 spiro atoms. The van der Waals surface area contributed by atoms with Gasteiger partial charge >= 0.3 is 0 Å². The highest BCUT2D eigenvalue weighted by Crippen LogP contribution is 2.10. The van der Waals surface area contributed by atoms with Crippen molar-refractivity contribution in [2.75, 3.05) is 36.5 Å². The number of aliphatic hydroxyl groups is 1. The molecule has 0 saturated carbocycles. The van der Waals surface area contributed by atoms with E-state index in [1.807, 2.05) is 11.8 Å². The molecule has 72 valence electrons. The monoisotopic (exact) mass is 253 g/mol. The first-order valence-corrected chi connectivity index (χ1v) is 6.64. The van der Waals surface area contributed by atoms with Gasteiger partial charge < -0.3 is 5.11 Å². The van der Waals surface area contributed by atoms with Gasteiger partial charge in [0, 0.05) is 24.2 Å². The molecule has 1 saturated heterocycles. The molecule has 0 amide bonds. The lowest BCUT2D eigenvalue weighted by Crippen LogP contribution is -2.34. The van der Waals surface area contributed by atoms with Crippen LogP contribution in [-0.4, -0.2) is 52.6 Å². The lowest BCUT2D eigenvalue weighted by Gasteiger charge is -2.21. The Balaban J connectivity index is 2.20. The van der Waals surface area contributed by atoms with Crippen LogP contribution in [0.1, 0.15) is 6.42 Å². The fourth-order valence-electron chi connectivity index (χ4n) is 1.33. The maximum atomic E-state index is 9.41. The average Bonchev–Trinajstić information content (AvgIpc) is 2.33. The Hall–Kier alpha value is 0.750. The summed E-state index contributed by atoms with van der Waals surface area (Å²) in [6.07, 6.45) is 1.06. The summed E-state index contributed by atoms with van der Waals surface area (Å²) in [7, 11) is 0. The Kier molecular flexibility index (Phi) is 5.63. The zero-order valence-electron chi connectivity index (χ0n) is 7.21. The molecule has 1 fully saturated rings. The molecule has 0 aromatic rings. The van der Waals surface area contributed by atoms with Crippen molar-refractivity contribution in [3.8, 4) is 0 Å². The summed E-state index contributed by atoms with van der Waals surface area (Å²) in [5, 5.41) is 10.1. The first kappa shape index (κ1) is 10.8. The van der Waals surface area contributed by atoms with Crippen molar-refractivity contribution in [2.45, 2.75) is 12.5 Å². The molecule has 0 aliphatic carbocycles. The molecule has 1 heterocycles. The van der Waals surface area contributed by atoms with E-state index in [0.717, 1.165) is 19.6 Å². The van der Waals surface area contributed by atoms with Crippen LogP contribution < -0.4 is 0 Å². The van der Waals surface area contributed by atoms with E-state index in [9.17, 15) is 5.11 Å². The Bertz CT molecular complexity index is 118. The van der Waals surface area contributed by atoms with Crippen LogP contribution in [0.25, 0.3) is 0 Å². The highest BCUT2D eigenvalue weighted by atomic mass is 79.9. The summed E-state index contributed by atoms with van der Waals surface area (Å²) in [6.45, 7) is 3.11. The van der Waals surface area contributed by atoms with Crippen LogP contribution in [0.3, 0.4) is 0 Å². The third kappa shape index (κ3) is 4.12. The van der Waals surface area contributed by atoms with E-state index in [1.54, 1.807) is 0 Å². The van der Waals surface area contributed by atoms with Gasteiger partial charge in [0.2, 0.25) is 0 Å². The Labute approximate surface area is 86.8 Å². The third-order valence-electron chi connectivity index (χ3n) is 1.96. The van der Waals surface area contributed by atoms with Gasteiger partial charge in [-0.3, -0.25) is 4.90 Å². The predicted molar refractivity (Wildman–Crippen MR) is 58.2 cm³/mol. The molecule has 0 aromatic heterocycles. The molecule has 2 nitrogen and oxygen atoms in total. The van der Waals surface area contributed by atoms with E-state index in [1.165, 1.54) is 17.9 Å². The molecular weight excluding hydrogens is 238 g/mol. The van der Waals surface area contributed by atoms with E-state index < -0.39 is 0 Å². The van der Waals surface area contributed by atoms with E-state index in [0.29, 0.717) is 5.33 Å². The zero-order valence-corrected chi connectivity index (χ0v) is 9.61. The van der Waals surface area contributed by atoms with Crippen molar-refractivity contribution >= 4 is 27.7 Å². The number of alkyl halides is 1. The Morgan fingerprint density at radius 3 is 3.00 bits per heavy atom. The van der Waals surface area contributed by atoms with E-state index in [4.69, 9.17) is 0 Å². The molecular formula is C8H16BrNOS. The summed E-state index contributed by atoms with van der Waals surface area (Å²) < 4.78 is 0. The predicted octanol–water partition coefficient (Wildman–Crippen LogP) is 1.18. The number of halogens is 1. The minimum atomic E-state index is -0.201. The van der Waals surface area contributed by atoms with Crippen LogP contribution in [0, 0.1) is 0 Å². The summed E-state index contributed by atoms with van der Waals surface area (Å²) in [6, 6.07) is 0. The molecule has 0 aromatic carbocycles. The minimum absolute atomic E-state index is 0.201. The molecule has 1 rings (SSSR count). The second-order valence-corrected chi connectivity index (χ2v) is 4.95. The first-order chi connectivity index (χ1) is 5.83. The van der Waals surface area contributed by atoms with Gasteiger partial charge in [-0.1, -0.05) is 15.9 Å². The quantitative estimate of drug-likeness (QED) is 0.765. The number of hydrogen-bond acceptors (Lipinski definition) is 3. The van der Waals surface area contributed by atoms with Crippen LogP contribution in [0.15, 0.2) is 0 Å². The first-order valence-electron chi connectivity index (χ1n) is 4.37. The van der Waals surface area contributed by atoms with Crippen molar-refractivity contribution in [1.29, 1.82) is 0 Å². The molecule has 0 bridgehead atoms. The molecule has 1 unspecified atom stereocenters. The summed E-state index contributed by atoms with van der Waals surface area (Å²) in [5.74, 6) is 2.50. The lowest BCUT2D eigenvalue weighted by molar-refractivity contribution is 0.136. The maximum absolute atomic E-state index is 9.41. The second kappa shape index (κ2) is 6.24. The van der Waals surface area contributed by atoms with Gasteiger partial charge in [0.15, 0.2) is 0 Å². The summed E-state index contributed by atoms with van der Waals surface area (Å²) >= 11 is 5.30. The van der Waals surface area contributed by atoms with Gasteiger partial charge in [0.25, 0.3) is 0 Å². The number of rotatable bonds is 3. The standard InChI is InChI=1S/C8H16BrNOS/c9-6-8(11)7-10-2-1-4-12-5-3-10/h8,11H,1-7H2. The van der Waals surface area contributed by atoms with Gasteiger partial charge in [-0.25, -0.2) is 0 Å². The number of hydrogen-bond donors (Lipinski definition) is 1. The number of thioether (sulfide) groups is 1. The smallest absolute Gasteiger partial charge is 0.0763 e. The van der Waals surface area contributed by atoms with Crippen LogP contribution in [-0.2, 0) is 0 Å². The van der Waals surface area contributed by atoms with Crippen LogP contribution in [0.2, 0.25) is 0 Å². The largest absolute Gasteiger partial charge is 0.391 e. The molecule has 1 atom stereocenters. The summed E-state index contributed by atoms with van der Waals surface area (Å²) in [4.78, 5) is 2.35. The molecule has 1 aliphatic heterocycles. The second-order valence-electron chi connectivity index (χ2n) is 3.07. The van der Waals surface area contributed by atoms with Gasteiger partial charge in [-0.15, -0.1) is 0 Å². The number of nitrogens with zero attached hydrogens (tertiary/aromatic N) is 1. The van der Waals surface area contributed by atoms with Crippen molar-refractivity contribution in [3.05, 3.63) is 0 Å². The van der Waals surface area contributed by atoms with Crippen LogP contribution >= 0.6 is 27.7 Å². The van der Waals surface area contributed by atoms with E-state index >= 15 is 0 Å². The van der Waals surface area contributed by atoms with E-state index in [2.05, 4.69) is 20.8 Å². The minimum Gasteiger partial charge on any atom is -0.391 e. The van der Waals surface area contributed by atoms with Crippen molar-refractivity contribution in [2.24, 2.45) is 0 Å². The topological polar surface area (TPSA) is 23.5 Å². The fourth-order valence-corrected chi connectivity index (χ4v) is 2.46. The molecule has 12 heavy (non-hydrogen) atoms. The van der Waals surface area contributed by atoms with Gasteiger partial charge in [0.1, 0.15) is 0 Å². The normalized spacial score (nSPS) is 23.5. The summed E-state index contributed by atoms with van der Waals surface area (Å²) in [5.41, 5.74) is 0. The van der Waals surface area contributed by atoms with E-state index in [-0.39, 0.29) is 6.10 Å². The van der Waals surface area contributed by atoms with Crippen molar-refractivity contribution < 1.29 is 5.11 Å². The van der Waals surface area contributed by atoms with Crippen molar-refractivity contribution in [3.63, 3.8) is 0 Å². The molecule has 1 N–H and O–H groups in total. The third-order valence-corrected chi connectivity index (χ3v) is 3.76.